The molecule has 0 unspecified atom stereocenters. The molecule has 3 N–H and O–H groups in total. The lowest BCUT2D eigenvalue weighted by Gasteiger charge is -2.40. The minimum atomic E-state index is -0.733. The number of nitrogens with zero attached hydrogens (tertiary/aromatic N) is 4. The molecule has 4 amide bonds. The van der Waals surface area contributed by atoms with Crippen LogP contribution in [0.25, 0.3) is 28.0 Å². The monoisotopic (exact) mass is 932 g/mol. The molecule has 2 aromatic carbocycles. The molecule has 0 spiro atoms. The predicted octanol–water partition coefficient (Wildman–Crippen LogP) is 8.61. The lowest BCUT2D eigenvalue weighted by Crippen LogP contribution is -2.57. The van der Waals surface area contributed by atoms with E-state index in [1.165, 1.54) is 14.2 Å². The van der Waals surface area contributed by atoms with Gasteiger partial charge in [0.25, 0.3) is 0 Å². The zero-order chi connectivity index (χ0) is 47.8. The number of carbonyl (C=O) groups excluding carboxylic acids is 4. The molecule has 6 heterocycles. The average Bonchev–Trinajstić information content (AvgIpc) is 3.62. The van der Waals surface area contributed by atoms with Crippen LogP contribution in [0.15, 0.2) is 65.9 Å². The zero-order valence-corrected chi connectivity index (χ0v) is 40.6. The summed E-state index contributed by atoms with van der Waals surface area (Å²) < 4.78 is 22.3. The van der Waals surface area contributed by atoms with Gasteiger partial charge in [-0.15, -0.1) is 0 Å². The maximum absolute atomic E-state index is 14.6. The van der Waals surface area contributed by atoms with E-state index in [1.807, 2.05) is 36.0 Å². The number of likely N-dealkylation sites (tertiary alicyclic amines) is 2. The van der Waals surface area contributed by atoms with E-state index in [2.05, 4.69) is 84.9 Å². The Morgan fingerprint density at radius 3 is 1.71 bits per heavy atom. The molecule has 9 rings (SSSR count). The van der Waals surface area contributed by atoms with Crippen molar-refractivity contribution in [3.05, 3.63) is 72.3 Å². The van der Waals surface area contributed by atoms with Crippen molar-refractivity contribution >= 4 is 35.3 Å². The number of aliphatic imine (C=N–C) groups is 1. The van der Waals surface area contributed by atoms with E-state index in [-0.39, 0.29) is 72.2 Å². The summed E-state index contributed by atoms with van der Waals surface area (Å²) in [5, 5.41) is 5.84. The van der Waals surface area contributed by atoms with Gasteiger partial charge in [0, 0.05) is 30.4 Å². The Bertz CT molecular complexity index is 2370. The minimum Gasteiger partial charge on any atom is -0.453 e. The second-order valence-corrected chi connectivity index (χ2v) is 20.4. The highest BCUT2D eigenvalue weighted by atomic mass is 16.5. The fourth-order valence-corrected chi connectivity index (χ4v) is 12.0. The van der Waals surface area contributed by atoms with Gasteiger partial charge >= 0.3 is 12.2 Å². The number of alkyl carbamates (subject to hydrolysis) is 2. The van der Waals surface area contributed by atoms with Gasteiger partial charge in [0.2, 0.25) is 11.8 Å². The van der Waals surface area contributed by atoms with E-state index in [4.69, 9.17) is 28.9 Å². The Morgan fingerprint density at radius 2 is 1.15 bits per heavy atom. The second-order valence-electron chi connectivity index (χ2n) is 20.4. The summed E-state index contributed by atoms with van der Waals surface area (Å²) in [6, 6.07) is 15.1. The fraction of sp³-hybridized carbons (Fsp3) is 0.585. The third kappa shape index (κ3) is 10.1. The first kappa shape index (κ1) is 47.5. The van der Waals surface area contributed by atoms with E-state index >= 15 is 0 Å². The molecule has 1 aliphatic carbocycles. The maximum atomic E-state index is 14.6. The van der Waals surface area contributed by atoms with Gasteiger partial charge in [-0.1, -0.05) is 48.5 Å². The molecule has 0 bridgehead atoms. The number of imidazole rings is 1. The Kier molecular flexibility index (Phi) is 14.1. The molecule has 5 aliphatic heterocycles. The normalized spacial score (nSPS) is 30.3. The molecule has 0 radical (unpaired) electrons. The Hall–Kier alpha value is -5.54. The van der Waals surface area contributed by atoms with Crippen LogP contribution in [0, 0.1) is 17.8 Å². The van der Waals surface area contributed by atoms with E-state index in [9.17, 15) is 19.2 Å². The van der Waals surface area contributed by atoms with Crippen LogP contribution in [0.2, 0.25) is 0 Å². The smallest absolute Gasteiger partial charge is 0.407 e. The Morgan fingerprint density at radius 1 is 0.647 bits per heavy atom. The molecule has 68 heavy (non-hydrogen) atoms. The van der Waals surface area contributed by atoms with Gasteiger partial charge in [0.15, 0.2) is 0 Å². The maximum Gasteiger partial charge on any atom is 0.407 e. The van der Waals surface area contributed by atoms with Gasteiger partial charge < -0.3 is 44.4 Å². The second kappa shape index (κ2) is 20.2. The van der Waals surface area contributed by atoms with E-state index < -0.39 is 24.3 Å². The quantitative estimate of drug-likeness (QED) is 0.161. The number of aromatic amines is 1. The van der Waals surface area contributed by atoms with Crippen LogP contribution in [0.4, 0.5) is 9.59 Å². The number of hydrogen-bond donors (Lipinski definition) is 3. The molecular formula is C53H69N7O8. The van der Waals surface area contributed by atoms with Crippen molar-refractivity contribution in [2.24, 2.45) is 22.7 Å². The van der Waals surface area contributed by atoms with Gasteiger partial charge in [-0.05, 0) is 144 Å². The lowest BCUT2D eigenvalue weighted by atomic mass is 9.83. The van der Waals surface area contributed by atoms with Crippen LogP contribution in [-0.2, 0) is 28.5 Å². The number of amides is 4. The van der Waals surface area contributed by atoms with Crippen molar-refractivity contribution in [3.8, 4) is 22.4 Å². The van der Waals surface area contributed by atoms with Crippen LogP contribution >= 0.6 is 0 Å². The van der Waals surface area contributed by atoms with Gasteiger partial charge in [0.05, 0.1) is 62.6 Å². The molecule has 5 fully saturated rings. The van der Waals surface area contributed by atoms with Crippen molar-refractivity contribution in [3.63, 3.8) is 0 Å². The van der Waals surface area contributed by atoms with Crippen LogP contribution in [0.5, 0.6) is 0 Å². The number of allylic oxidation sites excluding steroid dienone is 1. The summed E-state index contributed by atoms with van der Waals surface area (Å²) in [5.41, 5.74) is 7.18. The number of hydrogen-bond acceptors (Lipinski definition) is 10. The molecule has 1 saturated carbocycles. The van der Waals surface area contributed by atoms with Gasteiger partial charge in [-0.3, -0.25) is 14.6 Å². The van der Waals surface area contributed by atoms with Crippen molar-refractivity contribution in [2.75, 3.05) is 14.2 Å². The number of ether oxygens (including phenoxy) is 4. The molecule has 1 aromatic heterocycles. The lowest BCUT2D eigenvalue weighted by molar-refractivity contribution is -0.141. The summed E-state index contributed by atoms with van der Waals surface area (Å²) in [5.74, 6) is 0.961. The summed E-state index contributed by atoms with van der Waals surface area (Å²) in [7, 11) is 2.66. The highest BCUT2D eigenvalue weighted by molar-refractivity contribution is 6.04. The number of rotatable bonds is 12. The summed E-state index contributed by atoms with van der Waals surface area (Å²) in [4.78, 5) is 71.4. The van der Waals surface area contributed by atoms with Gasteiger partial charge in [-0.2, -0.15) is 0 Å². The van der Waals surface area contributed by atoms with Crippen molar-refractivity contribution in [1.29, 1.82) is 0 Å². The van der Waals surface area contributed by atoms with Crippen molar-refractivity contribution < 1.29 is 38.1 Å². The molecule has 4 saturated heterocycles. The molecular weight excluding hydrogens is 863 g/mol. The molecule has 15 nitrogen and oxygen atoms in total. The third-order valence-electron chi connectivity index (χ3n) is 15.5. The van der Waals surface area contributed by atoms with Crippen LogP contribution in [0.3, 0.4) is 0 Å². The number of carbonyl (C=O) groups is 4. The number of nitrogens with one attached hydrogen (secondary N) is 3. The number of aromatic nitrogens is 2. The number of methoxy groups -OCH3 is 2. The molecule has 11 atom stereocenters. The predicted molar refractivity (Wildman–Crippen MR) is 258 cm³/mol. The Balaban J connectivity index is 0.837. The van der Waals surface area contributed by atoms with E-state index in [0.29, 0.717) is 31.6 Å². The Labute approximate surface area is 400 Å². The summed E-state index contributed by atoms with van der Waals surface area (Å²) in [6.45, 7) is 10.2. The standard InChI is InChI=1S/C53H69N7O8/c1-29-8-20-44(59(29)50(61)48(58-53(64)66-7)40-24-33(5)68-46(26-40)38-18-19-38)42-25-41(27-54-42)36-12-10-34(11-13-36)35-14-16-37(17-15-35)43-28-55-49(56-43)45-21-9-30(2)60(45)51(62)47(57-52(63)65-6)39-22-31(3)67-32(4)23-39/h10-17,27-33,38-40,44-48H,8-9,18-26H2,1-7H3,(H,55,56)(H,57,63)(H,58,64)/t29-,30-,31+,32+,33+,40-,44-,45-,46-,47-,48-/m0/s1. The topological polar surface area (TPSA) is 177 Å². The third-order valence-corrected chi connectivity index (χ3v) is 15.5. The van der Waals surface area contributed by atoms with Crippen molar-refractivity contribution in [2.45, 2.75) is 166 Å². The largest absolute Gasteiger partial charge is 0.453 e. The minimum absolute atomic E-state index is 0.0164. The molecule has 364 valence electrons. The zero-order valence-electron chi connectivity index (χ0n) is 40.6. The highest BCUT2D eigenvalue weighted by Gasteiger charge is 2.48. The summed E-state index contributed by atoms with van der Waals surface area (Å²) in [6.07, 6.45) is 11.7. The fourth-order valence-electron chi connectivity index (χ4n) is 12.0. The molecule has 15 heteroatoms. The first-order chi connectivity index (χ1) is 32.8. The molecule has 6 aliphatic rings. The summed E-state index contributed by atoms with van der Waals surface area (Å²) >= 11 is 0. The van der Waals surface area contributed by atoms with E-state index in [0.717, 1.165) is 90.0 Å². The molecule has 3 aromatic rings. The van der Waals surface area contributed by atoms with E-state index in [1.54, 1.807) is 0 Å². The number of benzene rings is 2. The van der Waals surface area contributed by atoms with Crippen molar-refractivity contribution in [1.82, 2.24) is 30.4 Å². The SMILES string of the molecule is COC(=O)N[C@H](C(=O)N1[C@@H](C)CC[C@H]1c1ncc(-c2ccc(-c3ccc(C4=CN=C([C@@H]5CC[C@H](C)N5C(=O)[C@@H](NC(=O)OC)[C@H]5C[C@@H](C)O[C@H](C6CC6)C5)C4)cc3)cc2)[nH]1)C1C[C@@H](C)O[C@H](C)C1. The van der Waals surface area contributed by atoms with Gasteiger partial charge in [-0.25, -0.2) is 14.6 Å². The first-order valence-corrected chi connectivity index (χ1v) is 24.9. The van der Waals surface area contributed by atoms with Crippen LogP contribution < -0.4 is 10.6 Å². The number of H-pyrrole nitrogens is 1. The average molecular weight is 932 g/mol. The van der Waals surface area contributed by atoms with Crippen LogP contribution in [0.1, 0.15) is 123 Å². The van der Waals surface area contributed by atoms with Crippen LogP contribution in [-0.4, -0.2) is 118 Å². The highest BCUT2D eigenvalue weighted by Crippen LogP contribution is 2.43. The first-order valence-electron chi connectivity index (χ1n) is 24.9. The van der Waals surface area contributed by atoms with Gasteiger partial charge in [0.1, 0.15) is 17.9 Å².